The Morgan fingerprint density at radius 2 is 2.07 bits per heavy atom. The van der Waals surface area contributed by atoms with Gasteiger partial charge in [-0.15, -0.1) is 13.2 Å². The first-order chi connectivity index (χ1) is 7.06. The lowest BCUT2D eigenvalue weighted by molar-refractivity contribution is -0.274. The summed E-state index contributed by atoms with van der Waals surface area (Å²) >= 11 is 0. The van der Waals surface area contributed by atoms with Gasteiger partial charge in [0.25, 0.3) is 0 Å². The number of halogens is 3. The van der Waals surface area contributed by atoms with E-state index < -0.39 is 6.36 Å². The number of nitrogens with one attached hydrogen (secondary N) is 1. The summed E-state index contributed by atoms with van der Waals surface area (Å²) in [5.41, 5.74) is 1.27. The molecule has 0 spiro atoms. The fraction of sp³-hybridized carbons (Fsp3) is 0.200. The summed E-state index contributed by atoms with van der Waals surface area (Å²) in [4.78, 5) is 0. The highest BCUT2D eigenvalue weighted by Gasteiger charge is 2.32. The van der Waals surface area contributed by atoms with Crippen LogP contribution in [-0.4, -0.2) is 6.36 Å². The molecule has 2 nitrogen and oxygen atoms in total. The fourth-order valence-electron chi connectivity index (χ4n) is 1.46. The second kappa shape index (κ2) is 3.49. The van der Waals surface area contributed by atoms with Crippen molar-refractivity contribution >= 4 is 6.08 Å². The molecule has 1 heterocycles. The Hall–Kier alpha value is -1.65. The molecule has 0 saturated carbocycles. The Bertz CT molecular complexity index is 398. The van der Waals surface area contributed by atoms with E-state index in [0.29, 0.717) is 12.1 Å². The van der Waals surface area contributed by atoms with Crippen molar-refractivity contribution in [2.75, 3.05) is 0 Å². The van der Waals surface area contributed by atoms with Gasteiger partial charge in [-0.3, -0.25) is 0 Å². The molecule has 0 aromatic heterocycles. The predicted octanol–water partition coefficient (Wildman–Crippen LogP) is 2.66. The second-order valence-corrected chi connectivity index (χ2v) is 3.09. The van der Waals surface area contributed by atoms with Gasteiger partial charge in [-0.1, -0.05) is 12.1 Å². The molecule has 15 heavy (non-hydrogen) atoms. The number of alkyl halides is 3. The lowest BCUT2D eigenvalue weighted by Crippen LogP contribution is -2.19. The van der Waals surface area contributed by atoms with Crippen LogP contribution >= 0.6 is 0 Å². The van der Waals surface area contributed by atoms with Gasteiger partial charge < -0.3 is 10.1 Å². The van der Waals surface area contributed by atoms with Gasteiger partial charge in [0, 0.05) is 12.1 Å². The van der Waals surface area contributed by atoms with Crippen LogP contribution in [0.4, 0.5) is 13.2 Å². The Morgan fingerprint density at radius 1 is 1.27 bits per heavy atom. The molecular weight excluding hydrogens is 207 g/mol. The maximum atomic E-state index is 12.0. The largest absolute Gasteiger partial charge is 0.573 e. The molecule has 0 fully saturated rings. The fourth-order valence-corrected chi connectivity index (χ4v) is 1.46. The quantitative estimate of drug-likeness (QED) is 0.777. The van der Waals surface area contributed by atoms with Crippen LogP contribution in [0.3, 0.4) is 0 Å². The van der Waals surface area contributed by atoms with Crippen LogP contribution in [0.25, 0.3) is 6.08 Å². The Morgan fingerprint density at radius 3 is 2.80 bits per heavy atom. The van der Waals surface area contributed by atoms with Crippen LogP contribution in [0.5, 0.6) is 5.75 Å². The highest BCUT2D eigenvalue weighted by Crippen LogP contribution is 2.30. The van der Waals surface area contributed by atoms with Gasteiger partial charge >= 0.3 is 6.36 Å². The smallest absolute Gasteiger partial charge is 0.405 e. The number of hydrogen-bond donors (Lipinski definition) is 1. The van der Waals surface area contributed by atoms with Crippen molar-refractivity contribution < 1.29 is 17.9 Å². The van der Waals surface area contributed by atoms with Gasteiger partial charge in [-0.05, 0) is 23.9 Å². The molecule has 1 aliphatic heterocycles. The SMILES string of the molecule is FC(F)(F)Oc1cccc2c1C=CNC2. The van der Waals surface area contributed by atoms with Gasteiger partial charge in [0.05, 0.1) is 0 Å². The molecule has 0 amide bonds. The van der Waals surface area contributed by atoms with Gasteiger partial charge in [-0.25, -0.2) is 0 Å². The van der Waals surface area contributed by atoms with E-state index in [9.17, 15) is 13.2 Å². The van der Waals surface area contributed by atoms with Crippen molar-refractivity contribution in [1.82, 2.24) is 5.32 Å². The maximum absolute atomic E-state index is 12.0. The van der Waals surface area contributed by atoms with Crippen LogP contribution in [0.1, 0.15) is 11.1 Å². The zero-order valence-electron chi connectivity index (χ0n) is 7.64. The molecule has 0 saturated heterocycles. The highest BCUT2D eigenvalue weighted by molar-refractivity contribution is 5.62. The second-order valence-electron chi connectivity index (χ2n) is 3.09. The lowest BCUT2D eigenvalue weighted by atomic mass is 10.0. The molecule has 0 aliphatic carbocycles. The third-order valence-corrected chi connectivity index (χ3v) is 2.04. The molecule has 0 bridgehead atoms. The van der Waals surface area contributed by atoms with E-state index in [1.54, 1.807) is 24.4 Å². The monoisotopic (exact) mass is 215 g/mol. The maximum Gasteiger partial charge on any atom is 0.573 e. The Kier molecular flexibility index (Phi) is 2.30. The molecule has 1 aliphatic rings. The molecular formula is C10H8F3NO. The summed E-state index contributed by atoms with van der Waals surface area (Å²) in [6.07, 6.45) is -1.47. The van der Waals surface area contributed by atoms with Crippen molar-refractivity contribution in [3.05, 3.63) is 35.5 Å². The van der Waals surface area contributed by atoms with Crippen molar-refractivity contribution in [2.45, 2.75) is 12.9 Å². The predicted molar refractivity (Wildman–Crippen MR) is 49.0 cm³/mol. The van der Waals surface area contributed by atoms with E-state index in [-0.39, 0.29) is 5.75 Å². The van der Waals surface area contributed by atoms with E-state index in [1.165, 1.54) is 6.07 Å². The van der Waals surface area contributed by atoms with E-state index in [4.69, 9.17) is 0 Å². The molecule has 5 heteroatoms. The third kappa shape index (κ3) is 2.23. The summed E-state index contributed by atoms with van der Waals surface area (Å²) in [5, 5.41) is 2.91. The molecule has 1 aromatic carbocycles. The van der Waals surface area contributed by atoms with Crippen LogP contribution in [0.15, 0.2) is 24.4 Å². The van der Waals surface area contributed by atoms with Crippen molar-refractivity contribution in [1.29, 1.82) is 0 Å². The van der Waals surface area contributed by atoms with Gasteiger partial charge in [0.15, 0.2) is 0 Å². The summed E-state index contributed by atoms with van der Waals surface area (Å²) < 4.78 is 40.1. The van der Waals surface area contributed by atoms with Crippen LogP contribution in [0, 0.1) is 0 Å². The number of ether oxygens (including phenoxy) is 1. The summed E-state index contributed by atoms with van der Waals surface area (Å²) in [6, 6.07) is 4.61. The van der Waals surface area contributed by atoms with E-state index in [0.717, 1.165) is 5.56 Å². The summed E-state index contributed by atoms with van der Waals surface area (Å²) in [6.45, 7) is 0.515. The first-order valence-electron chi connectivity index (χ1n) is 4.34. The van der Waals surface area contributed by atoms with Gasteiger partial charge in [0.1, 0.15) is 5.75 Å². The third-order valence-electron chi connectivity index (χ3n) is 2.04. The molecule has 80 valence electrons. The zero-order chi connectivity index (χ0) is 10.9. The minimum atomic E-state index is -4.65. The number of fused-ring (bicyclic) bond motifs is 1. The minimum absolute atomic E-state index is 0.155. The first-order valence-corrected chi connectivity index (χ1v) is 4.34. The Balaban J connectivity index is 2.37. The average Bonchev–Trinajstić information content (AvgIpc) is 2.16. The standard InChI is InChI=1S/C10H8F3NO/c11-10(12,13)15-9-3-1-2-7-6-14-5-4-8(7)9/h1-5,14H,6H2. The zero-order valence-corrected chi connectivity index (χ0v) is 7.64. The Labute approximate surface area is 84.4 Å². The number of benzene rings is 1. The summed E-state index contributed by atoms with van der Waals surface area (Å²) in [5.74, 6) is -0.155. The van der Waals surface area contributed by atoms with Gasteiger partial charge in [0.2, 0.25) is 0 Å². The topological polar surface area (TPSA) is 21.3 Å². The van der Waals surface area contributed by atoms with Crippen LogP contribution < -0.4 is 10.1 Å². The molecule has 2 rings (SSSR count). The van der Waals surface area contributed by atoms with Crippen LogP contribution in [-0.2, 0) is 6.54 Å². The van der Waals surface area contributed by atoms with Crippen molar-refractivity contribution in [3.8, 4) is 5.75 Å². The van der Waals surface area contributed by atoms with E-state index in [2.05, 4.69) is 10.1 Å². The molecule has 1 N–H and O–H groups in total. The van der Waals surface area contributed by atoms with Crippen molar-refractivity contribution in [2.24, 2.45) is 0 Å². The minimum Gasteiger partial charge on any atom is -0.405 e. The molecule has 0 atom stereocenters. The molecule has 0 unspecified atom stereocenters. The summed E-state index contributed by atoms with van der Waals surface area (Å²) in [7, 11) is 0. The van der Waals surface area contributed by atoms with Gasteiger partial charge in [-0.2, -0.15) is 0 Å². The average molecular weight is 215 g/mol. The molecule has 0 radical (unpaired) electrons. The normalized spacial score (nSPS) is 14.3. The molecule has 1 aromatic rings. The lowest BCUT2D eigenvalue weighted by Gasteiger charge is -2.17. The van der Waals surface area contributed by atoms with E-state index in [1.807, 2.05) is 0 Å². The van der Waals surface area contributed by atoms with Crippen LogP contribution in [0.2, 0.25) is 0 Å². The first kappa shape index (κ1) is 9.89. The number of rotatable bonds is 1. The van der Waals surface area contributed by atoms with E-state index >= 15 is 0 Å². The highest BCUT2D eigenvalue weighted by atomic mass is 19.4. The van der Waals surface area contributed by atoms with Crippen molar-refractivity contribution in [3.63, 3.8) is 0 Å². The number of hydrogen-bond acceptors (Lipinski definition) is 2.